The number of thiophene rings is 1. The van der Waals surface area contributed by atoms with Gasteiger partial charge in [0.05, 0.1) is 4.88 Å². The summed E-state index contributed by atoms with van der Waals surface area (Å²) >= 11 is 1.79. The fourth-order valence-corrected chi connectivity index (χ4v) is 2.43. The molecule has 0 radical (unpaired) electrons. The van der Waals surface area contributed by atoms with Crippen LogP contribution < -0.4 is 10.5 Å². The highest BCUT2D eigenvalue weighted by atomic mass is 32.1. The standard InChI is InChI=1S/C8H11NOS/c1-5-4-11-7-2-6(9)3-10-8(5)7/h4,6H,2-3,9H2,1H3/p+1. The minimum absolute atomic E-state index is 0.445. The topological polar surface area (TPSA) is 36.9 Å². The van der Waals surface area contributed by atoms with Crippen molar-refractivity contribution >= 4 is 11.3 Å². The lowest BCUT2D eigenvalue weighted by atomic mass is 10.1. The molecular formula is C8H12NOS+. The first-order chi connectivity index (χ1) is 5.27. The van der Waals surface area contributed by atoms with Crippen LogP contribution in [0.4, 0.5) is 0 Å². The molecule has 0 aromatic carbocycles. The largest absolute Gasteiger partial charge is 0.486 e. The van der Waals surface area contributed by atoms with Gasteiger partial charge in [0.25, 0.3) is 0 Å². The van der Waals surface area contributed by atoms with E-state index < -0.39 is 0 Å². The van der Waals surface area contributed by atoms with Gasteiger partial charge in [-0.05, 0) is 12.3 Å². The Labute approximate surface area is 70.0 Å². The van der Waals surface area contributed by atoms with E-state index in [0.717, 1.165) is 18.8 Å². The van der Waals surface area contributed by atoms with Crippen molar-refractivity contribution in [3.8, 4) is 5.75 Å². The predicted molar refractivity (Wildman–Crippen MR) is 44.9 cm³/mol. The highest BCUT2D eigenvalue weighted by Gasteiger charge is 2.21. The van der Waals surface area contributed by atoms with Gasteiger partial charge < -0.3 is 10.5 Å². The molecule has 0 aliphatic carbocycles. The molecule has 0 bridgehead atoms. The Morgan fingerprint density at radius 2 is 2.55 bits per heavy atom. The Balaban J connectivity index is 2.36. The van der Waals surface area contributed by atoms with Crippen LogP contribution in [0.15, 0.2) is 5.38 Å². The first-order valence-corrected chi connectivity index (χ1v) is 4.68. The predicted octanol–water partition coefficient (Wildman–Crippen LogP) is 0.602. The van der Waals surface area contributed by atoms with Crippen molar-refractivity contribution in [3.05, 3.63) is 15.8 Å². The van der Waals surface area contributed by atoms with E-state index >= 15 is 0 Å². The molecule has 2 heterocycles. The molecule has 3 N–H and O–H groups in total. The summed E-state index contributed by atoms with van der Waals surface area (Å²) in [5.74, 6) is 1.12. The van der Waals surface area contributed by atoms with Gasteiger partial charge >= 0.3 is 0 Å². The van der Waals surface area contributed by atoms with Crippen molar-refractivity contribution in [2.45, 2.75) is 19.4 Å². The van der Waals surface area contributed by atoms with Crippen molar-refractivity contribution < 1.29 is 10.5 Å². The summed E-state index contributed by atoms with van der Waals surface area (Å²) in [6, 6.07) is 0.445. The van der Waals surface area contributed by atoms with E-state index in [0.29, 0.717) is 6.04 Å². The number of quaternary nitrogens is 1. The lowest BCUT2D eigenvalue weighted by Crippen LogP contribution is -2.65. The van der Waals surface area contributed by atoms with Gasteiger partial charge in [-0.15, -0.1) is 11.3 Å². The Bertz CT molecular complexity index is 269. The van der Waals surface area contributed by atoms with Crippen molar-refractivity contribution in [1.29, 1.82) is 0 Å². The molecule has 1 atom stereocenters. The van der Waals surface area contributed by atoms with Gasteiger partial charge in [0.2, 0.25) is 0 Å². The van der Waals surface area contributed by atoms with Crippen LogP contribution in [-0.2, 0) is 6.42 Å². The number of ether oxygens (including phenoxy) is 1. The molecule has 1 aliphatic heterocycles. The zero-order chi connectivity index (χ0) is 7.84. The minimum Gasteiger partial charge on any atom is -0.486 e. The summed E-state index contributed by atoms with van der Waals surface area (Å²) < 4.78 is 5.55. The molecule has 0 fully saturated rings. The Morgan fingerprint density at radius 1 is 1.73 bits per heavy atom. The van der Waals surface area contributed by atoms with Crippen LogP contribution in [-0.4, -0.2) is 12.6 Å². The number of aryl methyl sites for hydroxylation is 1. The van der Waals surface area contributed by atoms with E-state index in [9.17, 15) is 0 Å². The maximum atomic E-state index is 5.55. The normalized spacial score (nSPS) is 22.5. The third kappa shape index (κ3) is 1.14. The molecule has 1 unspecified atom stereocenters. The number of fused-ring (bicyclic) bond motifs is 1. The zero-order valence-electron chi connectivity index (χ0n) is 6.59. The molecule has 1 aromatic heterocycles. The van der Waals surface area contributed by atoms with E-state index in [1.807, 2.05) is 0 Å². The lowest BCUT2D eigenvalue weighted by molar-refractivity contribution is -0.424. The molecule has 2 rings (SSSR count). The summed E-state index contributed by atoms with van der Waals surface area (Å²) in [6.45, 7) is 2.88. The fourth-order valence-electron chi connectivity index (χ4n) is 1.34. The van der Waals surface area contributed by atoms with E-state index in [-0.39, 0.29) is 0 Å². The summed E-state index contributed by atoms with van der Waals surface area (Å²) in [7, 11) is 0. The third-order valence-corrected chi connectivity index (χ3v) is 3.03. The average Bonchev–Trinajstić information content (AvgIpc) is 2.32. The van der Waals surface area contributed by atoms with Gasteiger partial charge in [0.15, 0.2) is 0 Å². The maximum absolute atomic E-state index is 5.55. The summed E-state index contributed by atoms with van der Waals surface area (Å²) in [5.41, 5.74) is 5.26. The number of rotatable bonds is 0. The van der Waals surface area contributed by atoms with E-state index in [1.54, 1.807) is 11.3 Å². The molecule has 2 nitrogen and oxygen atoms in total. The summed E-state index contributed by atoms with van der Waals surface area (Å²) in [5, 5.41) is 2.16. The van der Waals surface area contributed by atoms with Crippen LogP contribution in [0.1, 0.15) is 10.4 Å². The third-order valence-electron chi connectivity index (χ3n) is 1.93. The lowest BCUT2D eigenvalue weighted by Gasteiger charge is -2.17. The van der Waals surface area contributed by atoms with Crippen LogP contribution in [0.3, 0.4) is 0 Å². The molecule has 0 spiro atoms. The van der Waals surface area contributed by atoms with Gasteiger partial charge in [0, 0.05) is 12.0 Å². The van der Waals surface area contributed by atoms with Crippen LogP contribution in [0.25, 0.3) is 0 Å². The fraction of sp³-hybridized carbons (Fsp3) is 0.500. The second-order valence-corrected chi connectivity index (χ2v) is 4.02. The van der Waals surface area contributed by atoms with Crippen molar-refractivity contribution in [3.63, 3.8) is 0 Å². The molecule has 60 valence electrons. The highest BCUT2D eigenvalue weighted by molar-refractivity contribution is 7.10. The zero-order valence-corrected chi connectivity index (χ0v) is 7.41. The van der Waals surface area contributed by atoms with Crippen LogP contribution in [0, 0.1) is 6.92 Å². The molecule has 11 heavy (non-hydrogen) atoms. The van der Waals surface area contributed by atoms with Gasteiger partial charge in [-0.1, -0.05) is 0 Å². The van der Waals surface area contributed by atoms with Gasteiger partial charge in [0.1, 0.15) is 18.4 Å². The van der Waals surface area contributed by atoms with E-state index in [2.05, 4.69) is 18.0 Å². The van der Waals surface area contributed by atoms with Crippen molar-refractivity contribution in [2.24, 2.45) is 0 Å². The van der Waals surface area contributed by atoms with E-state index in [4.69, 9.17) is 4.74 Å². The molecule has 0 amide bonds. The summed E-state index contributed by atoms with van der Waals surface area (Å²) in [6.07, 6.45) is 1.09. The van der Waals surface area contributed by atoms with Crippen LogP contribution in [0.5, 0.6) is 5.75 Å². The Kier molecular flexibility index (Phi) is 1.62. The van der Waals surface area contributed by atoms with Crippen molar-refractivity contribution in [2.75, 3.05) is 6.61 Å². The monoisotopic (exact) mass is 170 g/mol. The Hall–Kier alpha value is -0.540. The second kappa shape index (κ2) is 2.50. The molecule has 0 saturated carbocycles. The molecule has 1 aromatic rings. The van der Waals surface area contributed by atoms with Gasteiger partial charge in [-0.2, -0.15) is 0 Å². The average molecular weight is 170 g/mol. The molecule has 1 aliphatic rings. The van der Waals surface area contributed by atoms with Gasteiger partial charge in [-0.3, -0.25) is 0 Å². The first-order valence-electron chi connectivity index (χ1n) is 3.80. The van der Waals surface area contributed by atoms with Gasteiger partial charge in [-0.25, -0.2) is 0 Å². The molecular weight excluding hydrogens is 158 g/mol. The quantitative estimate of drug-likeness (QED) is 0.608. The molecule has 0 saturated heterocycles. The van der Waals surface area contributed by atoms with Crippen molar-refractivity contribution in [1.82, 2.24) is 0 Å². The number of hydrogen-bond donors (Lipinski definition) is 1. The van der Waals surface area contributed by atoms with Crippen LogP contribution in [0.2, 0.25) is 0 Å². The Morgan fingerprint density at radius 3 is 3.36 bits per heavy atom. The molecule has 3 heteroatoms. The summed E-state index contributed by atoms with van der Waals surface area (Å²) in [4.78, 5) is 1.37. The second-order valence-electron chi connectivity index (χ2n) is 3.05. The minimum atomic E-state index is 0.445. The first kappa shape index (κ1) is 7.13. The highest BCUT2D eigenvalue weighted by Crippen LogP contribution is 2.33. The van der Waals surface area contributed by atoms with Crippen LogP contribution >= 0.6 is 11.3 Å². The maximum Gasteiger partial charge on any atom is 0.140 e. The smallest absolute Gasteiger partial charge is 0.140 e. The SMILES string of the molecule is Cc1csc2c1OCC([NH3+])C2. The van der Waals surface area contributed by atoms with E-state index in [1.165, 1.54) is 10.4 Å². The number of hydrogen-bond acceptors (Lipinski definition) is 2.